The number of nitrogens with one attached hydrogen (secondary N) is 2. The van der Waals surface area contributed by atoms with Crippen LogP contribution in [0.15, 0.2) is 6.07 Å². The SMILES string of the molecule is Cc1cc(C(=O)NC(C)C(=O)NC(C)C)nc(Cl)n1. The minimum absolute atomic E-state index is 0.00411. The van der Waals surface area contributed by atoms with Crippen molar-refractivity contribution in [3.8, 4) is 0 Å². The Hall–Kier alpha value is -1.69. The number of carbonyl (C=O) groups excluding carboxylic acids is 2. The van der Waals surface area contributed by atoms with Crippen LogP contribution in [0.4, 0.5) is 0 Å². The summed E-state index contributed by atoms with van der Waals surface area (Å²) in [6.45, 7) is 7.00. The van der Waals surface area contributed by atoms with Gasteiger partial charge in [-0.2, -0.15) is 0 Å². The molecule has 0 aliphatic heterocycles. The van der Waals surface area contributed by atoms with Gasteiger partial charge in [0, 0.05) is 11.7 Å². The van der Waals surface area contributed by atoms with Crippen molar-refractivity contribution in [2.24, 2.45) is 0 Å². The van der Waals surface area contributed by atoms with Crippen molar-refractivity contribution in [1.29, 1.82) is 0 Å². The molecule has 2 N–H and O–H groups in total. The summed E-state index contributed by atoms with van der Waals surface area (Å²) in [5.41, 5.74) is 0.728. The molecule has 1 unspecified atom stereocenters. The molecule has 0 saturated carbocycles. The summed E-state index contributed by atoms with van der Waals surface area (Å²) < 4.78 is 0. The largest absolute Gasteiger partial charge is 0.352 e. The van der Waals surface area contributed by atoms with E-state index in [1.54, 1.807) is 13.8 Å². The lowest BCUT2D eigenvalue weighted by atomic mass is 10.2. The van der Waals surface area contributed by atoms with Crippen LogP contribution in [-0.2, 0) is 4.79 Å². The van der Waals surface area contributed by atoms with Crippen LogP contribution in [0, 0.1) is 6.92 Å². The van der Waals surface area contributed by atoms with Gasteiger partial charge in [-0.3, -0.25) is 9.59 Å². The predicted molar refractivity (Wildman–Crippen MR) is 72.0 cm³/mol. The second-order valence-corrected chi connectivity index (χ2v) is 4.86. The molecule has 2 amide bonds. The van der Waals surface area contributed by atoms with E-state index in [0.717, 1.165) is 0 Å². The third-order valence-corrected chi connectivity index (χ3v) is 2.40. The summed E-state index contributed by atoms with van der Waals surface area (Å²) in [5, 5.41) is 5.27. The molecular formula is C12H17ClN4O2. The first-order valence-corrected chi connectivity index (χ1v) is 6.30. The van der Waals surface area contributed by atoms with Gasteiger partial charge >= 0.3 is 0 Å². The number of aromatic nitrogens is 2. The smallest absolute Gasteiger partial charge is 0.270 e. The number of hydrogen-bond acceptors (Lipinski definition) is 4. The van der Waals surface area contributed by atoms with Crippen molar-refractivity contribution >= 4 is 23.4 Å². The fourth-order valence-electron chi connectivity index (χ4n) is 1.39. The molecule has 0 bridgehead atoms. The van der Waals surface area contributed by atoms with Gasteiger partial charge in [0.1, 0.15) is 11.7 Å². The Balaban J connectivity index is 2.71. The molecule has 0 spiro atoms. The highest BCUT2D eigenvalue weighted by atomic mass is 35.5. The number of hydrogen-bond donors (Lipinski definition) is 2. The van der Waals surface area contributed by atoms with Gasteiger partial charge in [0.2, 0.25) is 11.2 Å². The number of carbonyl (C=O) groups is 2. The van der Waals surface area contributed by atoms with Crippen molar-refractivity contribution < 1.29 is 9.59 Å². The fourth-order valence-corrected chi connectivity index (χ4v) is 1.62. The predicted octanol–water partition coefficient (Wildman–Crippen LogP) is 1.08. The van der Waals surface area contributed by atoms with Crippen molar-refractivity contribution in [3.63, 3.8) is 0 Å². The highest BCUT2D eigenvalue weighted by Gasteiger charge is 2.18. The topological polar surface area (TPSA) is 84.0 Å². The molecule has 1 heterocycles. The van der Waals surface area contributed by atoms with Gasteiger partial charge in [-0.1, -0.05) is 0 Å². The molecule has 1 atom stereocenters. The Morgan fingerprint density at radius 1 is 1.21 bits per heavy atom. The van der Waals surface area contributed by atoms with Crippen molar-refractivity contribution in [1.82, 2.24) is 20.6 Å². The van der Waals surface area contributed by atoms with E-state index in [9.17, 15) is 9.59 Å². The Kier molecular flexibility index (Phi) is 5.23. The average Bonchev–Trinajstić information content (AvgIpc) is 2.26. The van der Waals surface area contributed by atoms with Gasteiger partial charge < -0.3 is 10.6 Å². The van der Waals surface area contributed by atoms with E-state index in [-0.39, 0.29) is 22.9 Å². The van der Waals surface area contributed by atoms with Gasteiger partial charge in [-0.25, -0.2) is 9.97 Å². The van der Waals surface area contributed by atoms with Gasteiger partial charge in [0.15, 0.2) is 0 Å². The van der Waals surface area contributed by atoms with Gasteiger partial charge in [0.25, 0.3) is 5.91 Å². The van der Waals surface area contributed by atoms with Crippen LogP contribution in [0.3, 0.4) is 0 Å². The van der Waals surface area contributed by atoms with Crippen LogP contribution in [0.2, 0.25) is 5.28 Å². The van der Waals surface area contributed by atoms with E-state index < -0.39 is 11.9 Å². The van der Waals surface area contributed by atoms with Crippen LogP contribution in [0.5, 0.6) is 0 Å². The van der Waals surface area contributed by atoms with Crippen molar-refractivity contribution in [3.05, 3.63) is 22.7 Å². The maximum Gasteiger partial charge on any atom is 0.270 e. The Morgan fingerprint density at radius 3 is 2.37 bits per heavy atom. The maximum atomic E-state index is 11.9. The molecule has 104 valence electrons. The number of rotatable bonds is 4. The lowest BCUT2D eigenvalue weighted by Crippen LogP contribution is -2.46. The zero-order valence-corrected chi connectivity index (χ0v) is 12.1. The lowest BCUT2D eigenvalue weighted by Gasteiger charge is -2.15. The number of amides is 2. The Morgan fingerprint density at radius 2 is 1.84 bits per heavy atom. The summed E-state index contributed by atoms with van der Waals surface area (Å²) >= 11 is 5.68. The van der Waals surface area contributed by atoms with E-state index in [1.165, 1.54) is 6.07 Å². The van der Waals surface area contributed by atoms with E-state index in [2.05, 4.69) is 20.6 Å². The average molecular weight is 285 g/mol. The monoisotopic (exact) mass is 284 g/mol. The molecule has 6 nitrogen and oxygen atoms in total. The van der Waals surface area contributed by atoms with Crippen LogP contribution in [0.25, 0.3) is 0 Å². The molecule has 1 aromatic heterocycles. The summed E-state index contributed by atoms with van der Waals surface area (Å²) in [6, 6.07) is 0.875. The summed E-state index contributed by atoms with van der Waals surface area (Å²) in [7, 11) is 0. The quantitative estimate of drug-likeness (QED) is 0.811. The molecule has 0 aromatic carbocycles. The van der Waals surface area contributed by atoms with Crippen LogP contribution < -0.4 is 10.6 Å². The third-order valence-electron chi connectivity index (χ3n) is 2.23. The van der Waals surface area contributed by atoms with Crippen LogP contribution in [-0.4, -0.2) is 33.9 Å². The molecule has 1 aromatic rings. The first-order chi connectivity index (χ1) is 8.79. The van der Waals surface area contributed by atoms with E-state index in [1.807, 2.05) is 13.8 Å². The molecule has 0 aliphatic carbocycles. The van der Waals surface area contributed by atoms with E-state index in [0.29, 0.717) is 5.69 Å². The molecular weight excluding hydrogens is 268 g/mol. The second-order valence-electron chi connectivity index (χ2n) is 4.52. The minimum Gasteiger partial charge on any atom is -0.352 e. The summed E-state index contributed by atoms with van der Waals surface area (Å²) in [6.07, 6.45) is 0. The summed E-state index contributed by atoms with van der Waals surface area (Å²) in [5.74, 6) is -0.709. The fraction of sp³-hybridized carbons (Fsp3) is 0.500. The maximum absolute atomic E-state index is 11.9. The first-order valence-electron chi connectivity index (χ1n) is 5.92. The second kappa shape index (κ2) is 6.47. The van der Waals surface area contributed by atoms with Gasteiger partial charge in [0.05, 0.1) is 0 Å². The van der Waals surface area contributed by atoms with Crippen molar-refractivity contribution in [2.45, 2.75) is 39.8 Å². The zero-order chi connectivity index (χ0) is 14.6. The van der Waals surface area contributed by atoms with Gasteiger partial charge in [-0.15, -0.1) is 0 Å². The Labute approximate surface area is 117 Å². The summed E-state index contributed by atoms with van der Waals surface area (Å²) in [4.78, 5) is 31.3. The number of nitrogens with zero attached hydrogens (tertiary/aromatic N) is 2. The minimum atomic E-state index is -0.649. The van der Waals surface area contributed by atoms with E-state index in [4.69, 9.17) is 11.6 Å². The molecule has 19 heavy (non-hydrogen) atoms. The normalized spacial score (nSPS) is 12.1. The lowest BCUT2D eigenvalue weighted by molar-refractivity contribution is -0.123. The number of halogens is 1. The molecule has 0 fully saturated rings. The molecule has 7 heteroatoms. The number of aryl methyl sites for hydroxylation is 1. The van der Waals surface area contributed by atoms with Crippen LogP contribution >= 0.6 is 11.6 Å². The van der Waals surface area contributed by atoms with Gasteiger partial charge in [-0.05, 0) is 45.4 Å². The highest BCUT2D eigenvalue weighted by molar-refractivity contribution is 6.28. The molecule has 0 aliphatic rings. The highest BCUT2D eigenvalue weighted by Crippen LogP contribution is 2.05. The first kappa shape index (κ1) is 15.4. The molecule has 1 rings (SSSR count). The molecule has 0 radical (unpaired) electrons. The zero-order valence-electron chi connectivity index (χ0n) is 11.3. The van der Waals surface area contributed by atoms with Crippen LogP contribution in [0.1, 0.15) is 37.0 Å². The van der Waals surface area contributed by atoms with Crippen molar-refractivity contribution in [2.75, 3.05) is 0 Å². The molecule has 0 saturated heterocycles. The van der Waals surface area contributed by atoms with E-state index >= 15 is 0 Å². The standard InChI is InChI=1S/C12H17ClN4O2/c1-6(2)14-10(18)8(4)16-11(19)9-5-7(3)15-12(13)17-9/h5-6,8H,1-4H3,(H,14,18)(H,16,19). The third kappa shape index (κ3) is 4.82. The Bertz CT molecular complexity index is 470.